The Morgan fingerprint density at radius 3 is 2.15 bits per heavy atom. The molecular formula is C12H26Cl2N4O2. The first-order valence-corrected chi connectivity index (χ1v) is 6.51. The molecule has 0 aliphatic carbocycles. The zero-order chi connectivity index (χ0) is 13.4. The lowest BCUT2D eigenvalue weighted by molar-refractivity contribution is -0.132. The molecule has 6 nitrogen and oxygen atoms in total. The fourth-order valence-corrected chi connectivity index (χ4v) is 1.85. The molecular weight excluding hydrogens is 303 g/mol. The van der Waals surface area contributed by atoms with Crippen LogP contribution in [0.4, 0.5) is 0 Å². The first-order valence-electron chi connectivity index (χ1n) is 6.51. The van der Waals surface area contributed by atoms with E-state index >= 15 is 0 Å². The summed E-state index contributed by atoms with van der Waals surface area (Å²) in [5.74, 6) is 0.132. The van der Waals surface area contributed by atoms with Gasteiger partial charge in [0.2, 0.25) is 11.8 Å². The van der Waals surface area contributed by atoms with Gasteiger partial charge in [-0.3, -0.25) is 9.59 Å². The average molecular weight is 329 g/mol. The molecule has 1 aliphatic heterocycles. The first kappa shape index (κ1) is 21.7. The number of nitrogens with zero attached hydrogens (tertiary/aromatic N) is 2. The Hall–Kier alpha value is -0.560. The first-order chi connectivity index (χ1) is 8.63. The van der Waals surface area contributed by atoms with Gasteiger partial charge in [-0.2, -0.15) is 0 Å². The molecule has 0 aromatic rings. The van der Waals surface area contributed by atoms with Gasteiger partial charge in [-0.05, 0) is 14.1 Å². The van der Waals surface area contributed by atoms with E-state index in [1.54, 1.807) is 0 Å². The van der Waals surface area contributed by atoms with Crippen molar-refractivity contribution in [1.82, 2.24) is 20.4 Å². The number of rotatable bonds is 6. The maximum Gasteiger partial charge on any atom is 0.224 e. The monoisotopic (exact) mass is 328 g/mol. The molecule has 0 radical (unpaired) electrons. The highest BCUT2D eigenvalue weighted by atomic mass is 35.5. The van der Waals surface area contributed by atoms with E-state index in [0.29, 0.717) is 25.9 Å². The smallest absolute Gasteiger partial charge is 0.224 e. The fourth-order valence-electron chi connectivity index (χ4n) is 1.85. The average Bonchev–Trinajstić information content (AvgIpc) is 2.37. The Kier molecular flexibility index (Phi) is 13.3. The molecule has 1 heterocycles. The van der Waals surface area contributed by atoms with E-state index in [1.807, 2.05) is 11.9 Å². The van der Waals surface area contributed by atoms with Gasteiger partial charge in [0.15, 0.2) is 0 Å². The van der Waals surface area contributed by atoms with E-state index in [1.165, 1.54) is 0 Å². The number of nitrogens with one attached hydrogen (secondary N) is 2. The Bertz CT molecular complexity index is 285. The molecule has 0 unspecified atom stereocenters. The van der Waals surface area contributed by atoms with Crippen LogP contribution in [-0.4, -0.2) is 75.0 Å². The number of halogens is 2. The fraction of sp³-hybridized carbons (Fsp3) is 0.833. The molecule has 120 valence electrons. The zero-order valence-electron chi connectivity index (χ0n) is 12.2. The van der Waals surface area contributed by atoms with E-state index in [2.05, 4.69) is 22.6 Å². The van der Waals surface area contributed by atoms with Crippen molar-refractivity contribution in [2.24, 2.45) is 0 Å². The van der Waals surface area contributed by atoms with Crippen LogP contribution in [-0.2, 0) is 9.59 Å². The highest BCUT2D eigenvalue weighted by Gasteiger charge is 2.18. The van der Waals surface area contributed by atoms with Crippen molar-refractivity contribution in [3.8, 4) is 0 Å². The third-order valence-electron chi connectivity index (χ3n) is 3.12. The molecule has 2 amide bonds. The van der Waals surface area contributed by atoms with Crippen molar-refractivity contribution in [1.29, 1.82) is 0 Å². The molecule has 2 N–H and O–H groups in total. The second-order valence-electron chi connectivity index (χ2n) is 4.64. The zero-order valence-corrected chi connectivity index (χ0v) is 13.8. The van der Waals surface area contributed by atoms with Crippen molar-refractivity contribution in [3.63, 3.8) is 0 Å². The number of piperazine rings is 1. The van der Waals surface area contributed by atoms with E-state index in [-0.39, 0.29) is 36.6 Å². The third-order valence-corrected chi connectivity index (χ3v) is 3.12. The largest absolute Gasteiger partial charge is 0.356 e. The van der Waals surface area contributed by atoms with Gasteiger partial charge in [0.05, 0.1) is 0 Å². The van der Waals surface area contributed by atoms with E-state index in [9.17, 15) is 9.59 Å². The number of hydrogen-bond donors (Lipinski definition) is 2. The van der Waals surface area contributed by atoms with Crippen molar-refractivity contribution >= 4 is 36.6 Å². The summed E-state index contributed by atoms with van der Waals surface area (Å²) in [5.41, 5.74) is 0. The summed E-state index contributed by atoms with van der Waals surface area (Å²) in [6.07, 6.45) is 0.855. The van der Waals surface area contributed by atoms with Crippen LogP contribution in [0.3, 0.4) is 0 Å². The lowest BCUT2D eigenvalue weighted by Crippen LogP contribution is -2.47. The summed E-state index contributed by atoms with van der Waals surface area (Å²) >= 11 is 0. The Labute approximate surface area is 133 Å². The van der Waals surface area contributed by atoms with Gasteiger partial charge in [-0.1, -0.05) is 0 Å². The van der Waals surface area contributed by atoms with Crippen molar-refractivity contribution in [3.05, 3.63) is 0 Å². The minimum atomic E-state index is -0.00414. The SMILES string of the molecule is CNCCC(=O)NCCC(=O)N1CCN(C)CC1.Cl.Cl. The number of likely N-dealkylation sites (N-methyl/N-ethyl adjacent to an activating group) is 1. The molecule has 0 bridgehead atoms. The second kappa shape index (κ2) is 12.2. The lowest BCUT2D eigenvalue weighted by atomic mass is 10.3. The highest BCUT2D eigenvalue weighted by Crippen LogP contribution is 2.01. The van der Waals surface area contributed by atoms with Gasteiger partial charge < -0.3 is 20.4 Å². The van der Waals surface area contributed by atoms with E-state index < -0.39 is 0 Å². The molecule has 20 heavy (non-hydrogen) atoms. The van der Waals surface area contributed by atoms with E-state index in [4.69, 9.17) is 0 Å². The van der Waals surface area contributed by atoms with Gasteiger partial charge in [-0.25, -0.2) is 0 Å². The summed E-state index contributed by atoms with van der Waals surface area (Å²) in [5, 5.41) is 5.67. The molecule has 1 aliphatic rings. The van der Waals surface area contributed by atoms with Crippen molar-refractivity contribution in [2.75, 3.05) is 53.4 Å². The molecule has 1 rings (SSSR count). The molecule has 0 spiro atoms. The van der Waals surface area contributed by atoms with Crippen LogP contribution in [0.1, 0.15) is 12.8 Å². The van der Waals surface area contributed by atoms with Crippen LogP contribution in [0, 0.1) is 0 Å². The van der Waals surface area contributed by atoms with Gasteiger partial charge in [-0.15, -0.1) is 24.8 Å². The minimum absolute atomic E-state index is 0. The molecule has 1 fully saturated rings. The number of hydrogen-bond acceptors (Lipinski definition) is 4. The molecule has 0 saturated carbocycles. The van der Waals surface area contributed by atoms with Crippen LogP contribution in [0.5, 0.6) is 0 Å². The molecule has 0 aromatic heterocycles. The summed E-state index contributed by atoms with van der Waals surface area (Å²) in [4.78, 5) is 27.3. The maximum absolute atomic E-state index is 11.8. The van der Waals surface area contributed by atoms with Gasteiger partial charge in [0.25, 0.3) is 0 Å². The summed E-state index contributed by atoms with van der Waals surface area (Å²) < 4.78 is 0. The Balaban J connectivity index is 0. The normalized spacial score (nSPS) is 15.0. The van der Waals surface area contributed by atoms with Crippen LogP contribution in [0.25, 0.3) is 0 Å². The lowest BCUT2D eigenvalue weighted by Gasteiger charge is -2.32. The van der Waals surface area contributed by atoms with Crippen LogP contribution in [0.15, 0.2) is 0 Å². The summed E-state index contributed by atoms with van der Waals surface area (Å²) in [6.45, 7) is 4.55. The van der Waals surface area contributed by atoms with Gasteiger partial charge in [0, 0.05) is 52.1 Å². The quantitative estimate of drug-likeness (QED) is 0.704. The second-order valence-corrected chi connectivity index (χ2v) is 4.64. The highest BCUT2D eigenvalue weighted by molar-refractivity contribution is 5.85. The predicted molar refractivity (Wildman–Crippen MR) is 84.7 cm³/mol. The Morgan fingerprint density at radius 2 is 1.60 bits per heavy atom. The molecule has 0 atom stereocenters. The number of carbonyl (C=O) groups excluding carboxylic acids is 2. The third kappa shape index (κ3) is 8.58. The van der Waals surface area contributed by atoms with Gasteiger partial charge >= 0.3 is 0 Å². The van der Waals surface area contributed by atoms with E-state index in [0.717, 1.165) is 26.2 Å². The van der Waals surface area contributed by atoms with Crippen molar-refractivity contribution < 1.29 is 9.59 Å². The maximum atomic E-state index is 11.8. The predicted octanol–water partition coefficient (Wildman–Crippen LogP) is -0.280. The topological polar surface area (TPSA) is 64.7 Å². The summed E-state index contributed by atoms with van der Waals surface area (Å²) in [6, 6.07) is 0. The summed E-state index contributed by atoms with van der Waals surface area (Å²) in [7, 11) is 3.87. The molecule has 0 aromatic carbocycles. The standard InChI is InChI=1S/C12H24N4O2.2ClH/c1-13-5-3-11(17)14-6-4-12(18)16-9-7-15(2)8-10-16;;/h13H,3-10H2,1-2H3,(H,14,17);2*1H. The van der Waals surface area contributed by atoms with Crippen LogP contribution < -0.4 is 10.6 Å². The number of amides is 2. The number of carbonyl (C=O) groups is 2. The van der Waals surface area contributed by atoms with Crippen LogP contribution >= 0.6 is 24.8 Å². The Morgan fingerprint density at radius 1 is 1.00 bits per heavy atom. The minimum Gasteiger partial charge on any atom is -0.356 e. The van der Waals surface area contributed by atoms with Gasteiger partial charge in [0.1, 0.15) is 0 Å². The molecule has 8 heteroatoms. The molecule has 1 saturated heterocycles. The van der Waals surface area contributed by atoms with Crippen LogP contribution in [0.2, 0.25) is 0 Å². The van der Waals surface area contributed by atoms with Crippen molar-refractivity contribution in [2.45, 2.75) is 12.8 Å².